The quantitative estimate of drug-likeness (QED) is 0.882. The van der Waals surface area contributed by atoms with Gasteiger partial charge in [-0.3, -0.25) is 4.68 Å². The van der Waals surface area contributed by atoms with E-state index in [2.05, 4.69) is 51.6 Å². The molecular weight excluding hydrogens is 334 g/mol. The van der Waals surface area contributed by atoms with Crippen molar-refractivity contribution in [2.24, 2.45) is 0 Å². The van der Waals surface area contributed by atoms with Gasteiger partial charge in [0.05, 0.1) is 26.7 Å². The largest absolute Gasteiger partial charge is 0.305 e. The lowest BCUT2D eigenvalue weighted by Crippen LogP contribution is -2.24. The van der Waals surface area contributed by atoms with Crippen LogP contribution in [0.15, 0.2) is 21.4 Å². The molecule has 2 aromatic rings. The van der Waals surface area contributed by atoms with Crippen molar-refractivity contribution in [3.05, 3.63) is 37.7 Å². The molecular formula is C12H15BrClN3S. The minimum atomic E-state index is 0.0903. The predicted octanol–water partition coefficient (Wildman–Crippen LogP) is 4.08. The molecule has 0 aliphatic rings. The third kappa shape index (κ3) is 2.79. The molecule has 98 valence electrons. The van der Waals surface area contributed by atoms with Crippen LogP contribution in [0.2, 0.25) is 5.02 Å². The first-order valence-corrected chi connectivity index (χ1v) is 7.90. The Balaban J connectivity index is 2.43. The van der Waals surface area contributed by atoms with Crippen molar-refractivity contribution in [1.29, 1.82) is 0 Å². The smallest absolute Gasteiger partial charge is 0.0837 e. The van der Waals surface area contributed by atoms with E-state index in [1.54, 1.807) is 17.5 Å². The van der Waals surface area contributed by atoms with Crippen LogP contribution in [0.3, 0.4) is 0 Å². The number of hydrogen-bond donors (Lipinski definition) is 1. The van der Waals surface area contributed by atoms with Crippen LogP contribution in [-0.4, -0.2) is 16.3 Å². The van der Waals surface area contributed by atoms with Crippen LogP contribution >= 0.6 is 38.9 Å². The van der Waals surface area contributed by atoms with E-state index in [4.69, 9.17) is 11.6 Å². The van der Waals surface area contributed by atoms with Crippen LogP contribution in [0.4, 0.5) is 0 Å². The lowest BCUT2D eigenvalue weighted by atomic mass is 10.1. The van der Waals surface area contributed by atoms with E-state index in [1.807, 2.05) is 4.68 Å². The van der Waals surface area contributed by atoms with E-state index < -0.39 is 0 Å². The first-order chi connectivity index (χ1) is 8.67. The summed E-state index contributed by atoms with van der Waals surface area (Å²) < 4.78 is 3.07. The second-order valence-corrected chi connectivity index (χ2v) is 6.57. The Morgan fingerprint density at radius 3 is 2.89 bits per heavy atom. The van der Waals surface area contributed by atoms with Crippen molar-refractivity contribution in [3.63, 3.8) is 0 Å². The first kappa shape index (κ1) is 14.1. The molecule has 0 amide bonds. The Morgan fingerprint density at radius 1 is 1.56 bits per heavy atom. The maximum Gasteiger partial charge on any atom is 0.0837 e. The molecule has 1 N–H and O–H groups in total. The SMILES string of the molecule is CCNC(c1csc(Br)c1)c1c(Cl)cnn1CC. The highest BCUT2D eigenvalue weighted by Gasteiger charge is 2.21. The minimum absolute atomic E-state index is 0.0903. The zero-order chi connectivity index (χ0) is 13.1. The van der Waals surface area contributed by atoms with Gasteiger partial charge in [-0.2, -0.15) is 5.10 Å². The van der Waals surface area contributed by atoms with E-state index >= 15 is 0 Å². The van der Waals surface area contributed by atoms with Gasteiger partial charge in [0.15, 0.2) is 0 Å². The monoisotopic (exact) mass is 347 g/mol. The average molecular weight is 349 g/mol. The molecule has 0 radical (unpaired) electrons. The Labute approximate surface area is 124 Å². The fraction of sp³-hybridized carbons (Fsp3) is 0.417. The maximum atomic E-state index is 6.28. The van der Waals surface area contributed by atoms with Crippen LogP contribution in [0.25, 0.3) is 0 Å². The van der Waals surface area contributed by atoms with Crippen molar-refractivity contribution in [2.45, 2.75) is 26.4 Å². The van der Waals surface area contributed by atoms with Crippen LogP contribution < -0.4 is 5.32 Å². The molecule has 0 bridgehead atoms. The van der Waals surface area contributed by atoms with E-state index in [-0.39, 0.29) is 6.04 Å². The summed E-state index contributed by atoms with van der Waals surface area (Å²) in [5.74, 6) is 0. The second-order valence-electron chi connectivity index (χ2n) is 3.87. The third-order valence-electron chi connectivity index (χ3n) is 2.74. The Morgan fingerprint density at radius 2 is 2.33 bits per heavy atom. The fourth-order valence-corrected chi connectivity index (χ4v) is 3.41. The van der Waals surface area contributed by atoms with E-state index in [9.17, 15) is 0 Å². The van der Waals surface area contributed by atoms with Gasteiger partial charge in [0.25, 0.3) is 0 Å². The molecule has 2 heterocycles. The molecule has 0 spiro atoms. The molecule has 0 aliphatic heterocycles. The van der Waals surface area contributed by atoms with Gasteiger partial charge in [-0.1, -0.05) is 18.5 Å². The van der Waals surface area contributed by atoms with E-state index in [0.717, 1.165) is 22.6 Å². The number of nitrogens with zero attached hydrogens (tertiary/aromatic N) is 2. The topological polar surface area (TPSA) is 29.9 Å². The summed E-state index contributed by atoms with van der Waals surface area (Å²) >= 11 is 11.5. The second kappa shape index (κ2) is 6.19. The van der Waals surface area contributed by atoms with Crippen LogP contribution in [0.1, 0.15) is 31.1 Å². The summed E-state index contributed by atoms with van der Waals surface area (Å²) in [6.45, 7) is 5.85. The van der Waals surface area contributed by atoms with Gasteiger partial charge in [0, 0.05) is 6.54 Å². The number of thiophene rings is 1. The van der Waals surface area contributed by atoms with Gasteiger partial charge in [-0.05, 0) is 46.4 Å². The molecule has 2 rings (SSSR count). The van der Waals surface area contributed by atoms with Crippen molar-refractivity contribution in [1.82, 2.24) is 15.1 Å². The van der Waals surface area contributed by atoms with Crippen molar-refractivity contribution < 1.29 is 0 Å². The van der Waals surface area contributed by atoms with Gasteiger partial charge in [-0.25, -0.2) is 0 Å². The number of aromatic nitrogens is 2. The molecule has 1 atom stereocenters. The molecule has 1 unspecified atom stereocenters. The fourth-order valence-electron chi connectivity index (χ4n) is 1.96. The first-order valence-electron chi connectivity index (χ1n) is 5.85. The lowest BCUT2D eigenvalue weighted by Gasteiger charge is -2.18. The standard InChI is InChI=1S/C12H15BrClN3S/c1-3-15-11(8-5-10(13)18-7-8)12-9(14)6-16-17(12)4-2/h5-7,11,15H,3-4H2,1-2H3. The zero-order valence-corrected chi connectivity index (χ0v) is 13.4. The van der Waals surface area contributed by atoms with E-state index in [1.165, 1.54) is 5.56 Å². The van der Waals surface area contributed by atoms with Gasteiger partial charge in [0.2, 0.25) is 0 Å². The molecule has 0 saturated carbocycles. The highest BCUT2D eigenvalue weighted by atomic mass is 79.9. The van der Waals surface area contributed by atoms with Gasteiger partial charge in [0.1, 0.15) is 0 Å². The number of hydrogen-bond acceptors (Lipinski definition) is 3. The van der Waals surface area contributed by atoms with Crippen molar-refractivity contribution in [2.75, 3.05) is 6.54 Å². The summed E-state index contributed by atoms with van der Waals surface area (Å²) in [4.78, 5) is 0. The van der Waals surface area contributed by atoms with Crippen molar-refractivity contribution >= 4 is 38.9 Å². The molecule has 0 fully saturated rings. The molecule has 3 nitrogen and oxygen atoms in total. The molecule has 0 aromatic carbocycles. The van der Waals surface area contributed by atoms with Crippen LogP contribution in [0.5, 0.6) is 0 Å². The average Bonchev–Trinajstić information content (AvgIpc) is 2.93. The summed E-state index contributed by atoms with van der Waals surface area (Å²) in [5.41, 5.74) is 2.25. The van der Waals surface area contributed by atoms with E-state index in [0.29, 0.717) is 5.02 Å². The number of halogens is 2. The Kier molecular flexibility index (Phi) is 4.84. The molecule has 0 saturated heterocycles. The molecule has 2 aromatic heterocycles. The number of nitrogens with one attached hydrogen (secondary N) is 1. The predicted molar refractivity (Wildman–Crippen MR) is 80.4 cm³/mol. The zero-order valence-electron chi connectivity index (χ0n) is 10.3. The summed E-state index contributed by atoms with van der Waals surface area (Å²) in [5, 5.41) is 10.6. The lowest BCUT2D eigenvalue weighted by molar-refractivity contribution is 0.543. The third-order valence-corrected chi connectivity index (χ3v) is 4.55. The molecule has 6 heteroatoms. The highest BCUT2D eigenvalue weighted by molar-refractivity contribution is 9.11. The summed E-state index contributed by atoms with van der Waals surface area (Å²) in [6, 6.07) is 2.22. The van der Waals surface area contributed by atoms with Gasteiger partial charge in [-0.15, -0.1) is 11.3 Å². The van der Waals surface area contributed by atoms with Gasteiger partial charge < -0.3 is 5.32 Å². The normalized spacial score (nSPS) is 12.9. The minimum Gasteiger partial charge on any atom is -0.305 e. The summed E-state index contributed by atoms with van der Waals surface area (Å²) in [7, 11) is 0. The summed E-state index contributed by atoms with van der Waals surface area (Å²) in [6.07, 6.45) is 1.71. The number of aryl methyl sites for hydroxylation is 1. The van der Waals surface area contributed by atoms with Crippen LogP contribution in [0, 0.1) is 0 Å². The number of rotatable bonds is 5. The molecule has 0 aliphatic carbocycles. The van der Waals surface area contributed by atoms with Crippen molar-refractivity contribution in [3.8, 4) is 0 Å². The van der Waals surface area contributed by atoms with Gasteiger partial charge >= 0.3 is 0 Å². The molecule has 18 heavy (non-hydrogen) atoms. The Hall–Kier alpha value is -0.360. The van der Waals surface area contributed by atoms with Crippen LogP contribution in [-0.2, 0) is 6.54 Å². The Bertz CT molecular complexity index is 523. The maximum absolute atomic E-state index is 6.28. The highest BCUT2D eigenvalue weighted by Crippen LogP contribution is 2.32.